The minimum absolute atomic E-state index is 0.0811. The molecule has 1 aromatic carbocycles. The highest BCUT2D eigenvalue weighted by atomic mass is 32.2. The maximum absolute atomic E-state index is 12.2. The highest BCUT2D eigenvalue weighted by Gasteiger charge is 2.19. The van der Waals surface area contributed by atoms with Crippen molar-refractivity contribution in [2.24, 2.45) is 0 Å². The molecule has 7 heteroatoms. The Balaban J connectivity index is 2.47. The third-order valence-electron chi connectivity index (χ3n) is 3.34. The highest BCUT2D eigenvalue weighted by molar-refractivity contribution is 7.90. The summed E-state index contributed by atoms with van der Waals surface area (Å²) < 4.78 is 26.6. The number of benzene rings is 1. The molecule has 0 aliphatic heterocycles. The topological polar surface area (TPSA) is 92.3 Å². The minimum atomic E-state index is -3.83. The summed E-state index contributed by atoms with van der Waals surface area (Å²) in [5.74, 6) is -0.590. The average molecular weight is 340 g/mol. The zero-order valence-electron chi connectivity index (χ0n) is 13.8. The van der Waals surface area contributed by atoms with Gasteiger partial charge in [0.15, 0.2) is 0 Å². The van der Waals surface area contributed by atoms with Crippen molar-refractivity contribution in [2.75, 3.05) is 6.54 Å². The molecule has 0 atom stereocenters. The fourth-order valence-corrected chi connectivity index (χ4v) is 3.45. The van der Waals surface area contributed by atoms with Gasteiger partial charge in [-0.15, -0.1) is 0 Å². The molecule has 0 heterocycles. The van der Waals surface area contributed by atoms with Crippen molar-refractivity contribution in [3.05, 3.63) is 29.3 Å². The molecule has 0 radical (unpaired) electrons. The lowest BCUT2D eigenvalue weighted by Crippen LogP contribution is -2.31. The molecule has 6 nitrogen and oxygen atoms in total. The van der Waals surface area contributed by atoms with Crippen molar-refractivity contribution in [1.29, 1.82) is 0 Å². The fraction of sp³-hybridized carbons (Fsp3) is 0.500. The lowest BCUT2D eigenvalue weighted by Gasteiger charge is -2.10. The summed E-state index contributed by atoms with van der Waals surface area (Å²) in [5, 5.41) is 2.67. The first-order valence-electron chi connectivity index (χ1n) is 7.59. The summed E-state index contributed by atoms with van der Waals surface area (Å²) >= 11 is 0. The minimum Gasteiger partial charge on any atom is -0.356 e. The van der Waals surface area contributed by atoms with Gasteiger partial charge in [-0.05, 0) is 43.9 Å². The summed E-state index contributed by atoms with van der Waals surface area (Å²) in [6.45, 7) is 5.51. The van der Waals surface area contributed by atoms with Crippen LogP contribution >= 0.6 is 0 Å². The fourth-order valence-electron chi connectivity index (χ4n) is 2.10. The number of carbonyl (C=O) groups excluding carboxylic acids is 2. The smallest absolute Gasteiger partial charge is 0.264 e. The Morgan fingerprint density at radius 3 is 2.43 bits per heavy atom. The van der Waals surface area contributed by atoms with Crippen molar-refractivity contribution in [3.63, 3.8) is 0 Å². The second kappa shape index (κ2) is 8.67. The van der Waals surface area contributed by atoms with Crippen molar-refractivity contribution in [1.82, 2.24) is 10.0 Å². The number of hydrogen-bond acceptors (Lipinski definition) is 4. The molecule has 1 aromatic rings. The Morgan fingerprint density at radius 1 is 1.09 bits per heavy atom. The molecule has 0 aromatic heterocycles. The molecule has 0 bridgehead atoms. The van der Waals surface area contributed by atoms with E-state index in [2.05, 4.69) is 10.0 Å². The zero-order chi connectivity index (χ0) is 17.5. The quantitative estimate of drug-likeness (QED) is 0.706. The Labute approximate surface area is 137 Å². The number of hydrogen-bond donors (Lipinski definition) is 2. The monoisotopic (exact) mass is 340 g/mol. The second-order valence-electron chi connectivity index (χ2n) is 5.59. The molecule has 2 amide bonds. The van der Waals surface area contributed by atoms with Gasteiger partial charge < -0.3 is 5.32 Å². The van der Waals surface area contributed by atoms with E-state index in [4.69, 9.17) is 0 Å². The van der Waals surface area contributed by atoms with Gasteiger partial charge in [-0.2, -0.15) is 0 Å². The maximum atomic E-state index is 12.2. The van der Waals surface area contributed by atoms with Crippen LogP contribution in [-0.2, 0) is 19.6 Å². The second-order valence-corrected chi connectivity index (χ2v) is 7.24. The molecule has 2 N–H and O–H groups in total. The van der Waals surface area contributed by atoms with Crippen molar-refractivity contribution in [2.45, 2.75) is 51.3 Å². The van der Waals surface area contributed by atoms with E-state index in [9.17, 15) is 18.0 Å². The third-order valence-corrected chi connectivity index (χ3v) is 4.85. The summed E-state index contributed by atoms with van der Waals surface area (Å²) in [5.41, 5.74) is 1.42. The number of rotatable bonds is 8. The molecule has 0 unspecified atom stereocenters. The standard InChI is InChI=1S/C16H24N2O4S/c1-12-8-9-13(2)15(11-12)23(21,22)18-16(20)7-5-4-6-10-17-14(3)19/h8-9,11H,4-7,10H2,1-3H3,(H,17,19)(H,18,20). The lowest BCUT2D eigenvalue weighted by atomic mass is 10.2. The van der Waals surface area contributed by atoms with Gasteiger partial charge in [0, 0.05) is 19.9 Å². The summed E-state index contributed by atoms with van der Waals surface area (Å²) in [7, 11) is -3.83. The van der Waals surface area contributed by atoms with Gasteiger partial charge in [0.25, 0.3) is 10.0 Å². The van der Waals surface area contributed by atoms with Crippen LogP contribution in [0.3, 0.4) is 0 Å². The van der Waals surface area contributed by atoms with E-state index in [1.807, 2.05) is 6.07 Å². The number of aryl methyl sites for hydroxylation is 2. The van der Waals surface area contributed by atoms with Crippen molar-refractivity contribution < 1.29 is 18.0 Å². The van der Waals surface area contributed by atoms with Gasteiger partial charge in [0.2, 0.25) is 11.8 Å². The predicted octanol–water partition coefficient (Wildman–Crippen LogP) is 1.80. The van der Waals surface area contributed by atoms with Crippen LogP contribution in [0.2, 0.25) is 0 Å². The Hall–Kier alpha value is -1.89. The van der Waals surface area contributed by atoms with Gasteiger partial charge in [-0.25, -0.2) is 13.1 Å². The van der Waals surface area contributed by atoms with Crippen molar-refractivity contribution >= 4 is 21.8 Å². The number of amides is 2. The maximum Gasteiger partial charge on any atom is 0.264 e. The van der Waals surface area contributed by atoms with Crippen LogP contribution in [0.1, 0.15) is 43.7 Å². The van der Waals surface area contributed by atoms with E-state index in [0.717, 1.165) is 18.4 Å². The number of carbonyl (C=O) groups is 2. The first kappa shape index (κ1) is 19.2. The molecule has 0 saturated carbocycles. The van der Waals surface area contributed by atoms with E-state index < -0.39 is 15.9 Å². The molecule has 1 rings (SSSR count). The lowest BCUT2D eigenvalue weighted by molar-refractivity contribution is -0.120. The first-order valence-corrected chi connectivity index (χ1v) is 9.08. The van der Waals surface area contributed by atoms with E-state index in [1.54, 1.807) is 26.0 Å². The molecular weight excluding hydrogens is 316 g/mol. The molecule has 23 heavy (non-hydrogen) atoms. The number of unbranched alkanes of at least 4 members (excludes halogenated alkanes) is 2. The van der Waals surface area contributed by atoms with Gasteiger partial charge in [-0.1, -0.05) is 18.6 Å². The number of nitrogens with one attached hydrogen (secondary N) is 2. The average Bonchev–Trinajstić information content (AvgIpc) is 2.44. The summed E-state index contributed by atoms with van der Waals surface area (Å²) in [6, 6.07) is 5.10. The van der Waals surface area contributed by atoms with Gasteiger partial charge in [-0.3, -0.25) is 9.59 Å². The summed E-state index contributed by atoms with van der Waals surface area (Å²) in [6.07, 6.45) is 2.23. The van der Waals surface area contributed by atoms with Crippen LogP contribution in [0.4, 0.5) is 0 Å². The van der Waals surface area contributed by atoms with Crippen LogP contribution in [0.5, 0.6) is 0 Å². The van der Waals surface area contributed by atoms with Crippen LogP contribution in [0.15, 0.2) is 23.1 Å². The van der Waals surface area contributed by atoms with Gasteiger partial charge in [0.05, 0.1) is 4.90 Å². The normalized spacial score (nSPS) is 11.1. The summed E-state index contributed by atoms with van der Waals surface area (Å²) in [4.78, 5) is 22.6. The SMILES string of the molecule is CC(=O)NCCCCCC(=O)NS(=O)(=O)c1cc(C)ccc1C. The zero-order valence-corrected chi connectivity index (χ0v) is 14.6. The van der Waals surface area contributed by atoms with Crippen LogP contribution in [0.25, 0.3) is 0 Å². The predicted molar refractivity (Wildman–Crippen MR) is 88.4 cm³/mol. The van der Waals surface area contributed by atoms with E-state index in [1.165, 1.54) is 6.92 Å². The third kappa shape index (κ3) is 6.81. The van der Waals surface area contributed by atoms with Gasteiger partial charge in [0.1, 0.15) is 0 Å². The van der Waals surface area contributed by atoms with E-state index >= 15 is 0 Å². The molecule has 0 fully saturated rings. The van der Waals surface area contributed by atoms with Crippen molar-refractivity contribution in [3.8, 4) is 0 Å². The number of sulfonamides is 1. The highest BCUT2D eigenvalue weighted by Crippen LogP contribution is 2.16. The molecule has 0 aliphatic rings. The van der Waals surface area contributed by atoms with E-state index in [0.29, 0.717) is 18.5 Å². The molecular formula is C16H24N2O4S. The first-order chi connectivity index (χ1) is 10.7. The molecule has 0 saturated heterocycles. The largest absolute Gasteiger partial charge is 0.356 e. The Bertz CT molecular complexity index is 669. The Morgan fingerprint density at radius 2 is 1.78 bits per heavy atom. The molecule has 0 aliphatic carbocycles. The van der Waals surface area contributed by atoms with Crippen LogP contribution < -0.4 is 10.0 Å². The molecule has 0 spiro atoms. The molecule has 128 valence electrons. The van der Waals surface area contributed by atoms with Crippen LogP contribution in [0, 0.1) is 13.8 Å². The van der Waals surface area contributed by atoms with Gasteiger partial charge >= 0.3 is 0 Å². The van der Waals surface area contributed by atoms with Crippen LogP contribution in [-0.4, -0.2) is 26.8 Å². The Kier molecular flexibility index (Phi) is 7.22. The van der Waals surface area contributed by atoms with E-state index in [-0.39, 0.29) is 17.2 Å².